The molecule has 2 amide bonds. The van der Waals surface area contributed by atoms with Crippen molar-refractivity contribution in [2.75, 3.05) is 19.6 Å². The van der Waals surface area contributed by atoms with E-state index in [0.29, 0.717) is 12.1 Å². The normalized spacial score (nSPS) is 19.8. The van der Waals surface area contributed by atoms with Crippen LogP contribution in [0.3, 0.4) is 0 Å². The first-order valence-corrected chi connectivity index (χ1v) is 14.9. The molecule has 2 N–H and O–H groups in total. The average molecular weight is 560 g/mol. The van der Waals surface area contributed by atoms with E-state index in [4.69, 9.17) is 0 Å². The van der Waals surface area contributed by atoms with Gasteiger partial charge in [-0.1, -0.05) is 37.5 Å². The first-order valence-electron chi connectivity index (χ1n) is 14.9. The molecule has 1 aliphatic heterocycles. The van der Waals surface area contributed by atoms with Crippen LogP contribution in [-0.4, -0.2) is 58.2 Å². The molecule has 2 saturated carbocycles. The SMILES string of the molecule is O=C(C[C@H](CCN1CCCCC1)NC(=O)c1cc(-c2ccccc2C(F)(F)F)n(C2CCCC2)n1)NC1CCC1. The van der Waals surface area contributed by atoms with Crippen molar-refractivity contribution in [2.24, 2.45) is 0 Å². The minimum atomic E-state index is -4.53. The summed E-state index contributed by atoms with van der Waals surface area (Å²) in [5.74, 6) is -0.535. The molecule has 2 aliphatic carbocycles. The van der Waals surface area contributed by atoms with Crippen molar-refractivity contribution in [1.29, 1.82) is 0 Å². The lowest BCUT2D eigenvalue weighted by molar-refractivity contribution is -0.137. The number of hydrogen-bond donors (Lipinski definition) is 2. The Balaban J connectivity index is 1.37. The van der Waals surface area contributed by atoms with E-state index >= 15 is 0 Å². The van der Waals surface area contributed by atoms with Crippen molar-refractivity contribution in [1.82, 2.24) is 25.3 Å². The Kier molecular flexibility index (Phi) is 9.13. The molecule has 1 saturated heterocycles. The number of likely N-dealkylation sites (tertiary alicyclic amines) is 1. The molecule has 0 spiro atoms. The van der Waals surface area contributed by atoms with Crippen molar-refractivity contribution >= 4 is 11.8 Å². The molecule has 1 aromatic heterocycles. The van der Waals surface area contributed by atoms with E-state index in [1.807, 2.05) is 0 Å². The molecule has 218 valence electrons. The Morgan fingerprint density at radius 1 is 0.975 bits per heavy atom. The second kappa shape index (κ2) is 12.7. The van der Waals surface area contributed by atoms with Gasteiger partial charge in [-0.15, -0.1) is 0 Å². The van der Waals surface area contributed by atoms with Gasteiger partial charge in [0.2, 0.25) is 5.91 Å². The lowest BCUT2D eigenvalue weighted by atomic mass is 9.93. The monoisotopic (exact) mass is 559 g/mol. The molecule has 2 aromatic rings. The van der Waals surface area contributed by atoms with Crippen LogP contribution >= 0.6 is 0 Å². The maximum atomic E-state index is 13.9. The summed E-state index contributed by atoms with van der Waals surface area (Å²) in [5, 5.41) is 10.6. The third-order valence-electron chi connectivity index (χ3n) is 8.63. The van der Waals surface area contributed by atoms with Crippen LogP contribution in [0.1, 0.15) is 99.1 Å². The van der Waals surface area contributed by atoms with E-state index in [9.17, 15) is 22.8 Å². The maximum absolute atomic E-state index is 13.9. The van der Waals surface area contributed by atoms with Crippen LogP contribution in [0, 0.1) is 0 Å². The van der Waals surface area contributed by atoms with Crippen LogP contribution in [0.15, 0.2) is 30.3 Å². The maximum Gasteiger partial charge on any atom is 0.417 e. The summed E-state index contributed by atoms with van der Waals surface area (Å²) >= 11 is 0. The van der Waals surface area contributed by atoms with Gasteiger partial charge in [-0.25, -0.2) is 0 Å². The minimum Gasteiger partial charge on any atom is -0.353 e. The van der Waals surface area contributed by atoms with E-state index in [-0.39, 0.29) is 35.7 Å². The Labute approximate surface area is 233 Å². The van der Waals surface area contributed by atoms with Crippen molar-refractivity contribution in [3.63, 3.8) is 0 Å². The van der Waals surface area contributed by atoms with E-state index in [0.717, 1.165) is 83.5 Å². The lowest BCUT2D eigenvalue weighted by Crippen LogP contribution is -2.45. The van der Waals surface area contributed by atoms with Gasteiger partial charge in [-0.05, 0) is 76.6 Å². The Morgan fingerprint density at radius 2 is 1.70 bits per heavy atom. The van der Waals surface area contributed by atoms with Gasteiger partial charge in [0.15, 0.2) is 5.69 Å². The fourth-order valence-electron chi connectivity index (χ4n) is 6.16. The number of nitrogens with one attached hydrogen (secondary N) is 2. The fraction of sp³-hybridized carbons (Fsp3) is 0.633. The number of nitrogens with zero attached hydrogens (tertiary/aromatic N) is 3. The Bertz CT molecular complexity index is 1160. The number of carbonyl (C=O) groups is 2. The number of amides is 2. The number of alkyl halides is 3. The van der Waals surface area contributed by atoms with Crippen LogP contribution < -0.4 is 10.6 Å². The largest absolute Gasteiger partial charge is 0.417 e. The third-order valence-corrected chi connectivity index (χ3v) is 8.63. The Morgan fingerprint density at radius 3 is 2.38 bits per heavy atom. The highest BCUT2D eigenvalue weighted by Gasteiger charge is 2.35. The van der Waals surface area contributed by atoms with Gasteiger partial charge in [0, 0.05) is 30.6 Å². The Hall–Kier alpha value is -2.88. The van der Waals surface area contributed by atoms with Crippen LogP contribution in [-0.2, 0) is 11.0 Å². The summed E-state index contributed by atoms with van der Waals surface area (Å²) in [5.41, 5.74) is -0.332. The molecule has 3 aliphatic rings. The number of rotatable bonds is 10. The molecule has 10 heteroatoms. The van der Waals surface area contributed by atoms with E-state index in [2.05, 4.69) is 20.6 Å². The first kappa shape index (κ1) is 28.6. The summed E-state index contributed by atoms with van der Waals surface area (Å²) in [7, 11) is 0. The second-order valence-electron chi connectivity index (χ2n) is 11.6. The number of piperidine rings is 1. The van der Waals surface area contributed by atoms with E-state index in [1.165, 1.54) is 24.6 Å². The summed E-state index contributed by atoms with van der Waals surface area (Å²) < 4.78 is 43.4. The molecule has 0 radical (unpaired) electrons. The zero-order valence-corrected chi connectivity index (χ0v) is 23.0. The smallest absolute Gasteiger partial charge is 0.353 e. The number of benzene rings is 1. The predicted molar refractivity (Wildman–Crippen MR) is 147 cm³/mol. The molecule has 5 rings (SSSR count). The van der Waals surface area contributed by atoms with Gasteiger partial charge in [-0.2, -0.15) is 18.3 Å². The van der Waals surface area contributed by atoms with Gasteiger partial charge in [0.1, 0.15) is 0 Å². The van der Waals surface area contributed by atoms with Crippen LogP contribution in [0.2, 0.25) is 0 Å². The van der Waals surface area contributed by atoms with Crippen LogP contribution in [0.25, 0.3) is 11.3 Å². The fourth-order valence-corrected chi connectivity index (χ4v) is 6.16. The molecule has 1 aromatic carbocycles. The topological polar surface area (TPSA) is 79.3 Å². The zero-order valence-electron chi connectivity index (χ0n) is 23.0. The number of hydrogen-bond acceptors (Lipinski definition) is 4. The van der Waals surface area contributed by atoms with Crippen LogP contribution in [0.4, 0.5) is 13.2 Å². The van der Waals surface area contributed by atoms with Crippen molar-refractivity contribution in [3.8, 4) is 11.3 Å². The second-order valence-corrected chi connectivity index (χ2v) is 11.6. The highest BCUT2D eigenvalue weighted by Crippen LogP contribution is 2.40. The van der Waals surface area contributed by atoms with E-state index < -0.39 is 23.7 Å². The molecular weight excluding hydrogens is 519 g/mol. The van der Waals surface area contributed by atoms with E-state index in [1.54, 1.807) is 10.7 Å². The number of carbonyl (C=O) groups excluding carboxylic acids is 2. The zero-order chi connectivity index (χ0) is 28.1. The van der Waals surface area contributed by atoms with Gasteiger partial charge in [0.05, 0.1) is 17.3 Å². The molecule has 0 unspecified atom stereocenters. The first-order chi connectivity index (χ1) is 19.3. The molecule has 7 nitrogen and oxygen atoms in total. The molecule has 1 atom stereocenters. The van der Waals surface area contributed by atoms with Crippen molar-refractivity contribution in [2.45, 2.75) is 101 Å². The number of halogens is 3. The van der Waals surface area contributed by atoms with Gasteiger partial charge in [0.25, 0.3) is 5.91 Å². The molecular formula is C30H40F3N5O2. The standard InChI is InChI=1S/C30H40F3N5O2/c31-30(32,33)25-14-5-4-13-24(25)27-20-26(36-38(27)23-11-2-3-12-23)29(40)35-22(15-18-37-16-6-1-7-17-37)19-28(39)34-21-9-8-10-21/h4-5,13-14,20-23H,1-3,6-12,15-19H2,(H,34,39)(H,35,40)/t22-/m0/s1. The molecule has 40 heavy (non-hydrogen) atoms. The molecule has 0 bridgehead atoms. The quantitative estimate of drug-likeness (QED) is 0.391. The summed E-state index contributed by atoms with van der Waals surface area (Å²) in [6.07, 6.45) is 6.44. The summed E-state index contributed by atoms with van der Waals surface area (Å²) in [6, 6.07) is 6.71. The van der Waals surface area contributed by atoms with Crippen LogP contribution in [0.5, 0.6) is 0 Å². The summed E-state index contributed by atoms with van der Waals surface area (Å²) in [4.78, 5) is 28.7. The molecule has 2 heterocycles. The third kappa shape index (κ3) is 7.06. The van der Waals surface area contributed by atoms with Gasteiger partial charge >= 0.3 is 6.18 Å². The van der Waals surface area contributed by atoms with Crippen molar-refractivity contribution < 1.29 is 22.8 Å². The highest BCUT2D eigenvalue weighted by atomic mass is 19.4. The summed E-state index contributed by atoms with van der Waals surface area (Å²) in [6.45, 7) is 2.81. The average Bonchev–Trinajstić information content (AvgIpc) is 3.60. The lowest BCUT2D eigenvalue weighted by Gasteiger charge is -2.29. The predicted octanol–water partition coefficient (Wildman–Crippen LogP) is 5.72. The highest BCUT2D eigenvalue weighted by molar-refractivity contribution is 5.94. The molecule has 3 fully saturated rings. The van der Waals surface area contributed by atoms with Gasteiger partial charge in [-0.3, -0.25) is 14.3 Å². The number of aromatic nitrogens is 2. The van der Waals surface area contributed by atoms with Gasteiger partial charge < -0.3 is 15.5 Å². The minimum absolute atomic E-state index is 0.0231. The van der Waals surface area contributed by atoms with Crippen molar-refractivity contribution in [3.05, 3.63) is 41.6 Å².